The Kier molecular flexibility index (Phi) is 7.56. The van der Waals surface area contributed by atoms with Gasteiger partial charge in [-0.2, -0.15) is 0 Å². The fourth-order valence-electron chi connectivity index (χ4n) is 4.15. The number of nitrogens with one attached hydrogen (secondary N) is 1. The van der Waals surface area contributed by atoms with Gasteiger partial charge < -0.3 is 14.6 Å². The lowest BCUT2D eigenvalue weighted by atomic mass is 9.96. The van der Waals surface area contributed by atoms with Gasteiger partial charge in [-0.15, -0.1) is 0 Å². The number of hydrazine groups is 1. The maximum Gasteiger partial charge on any atom is 0.429 e. The van der Waals surface area contributed by atoms with Crippen molar-refractivity contribution in [2.45, 2.75) is 51.5 Å². The van der Waals surface area contributed by atoms with Crippen LogP contribution in [0.1, 0.15) is 50.5 Å². The quantitative estimate of drug-likeness (QED) is 0.532. The number of amides is 1. The summed E-state index contributed by atoms with van der Waals surface area (Å²) in [5, 5.41) is 4.24. The topological polar surface area (TPSA) is 51.8 Å². The number of hydrogen-bond acceptors (Lipinski definition) is 4. The molecule has 0 bridgehead atoms. The molecule has 1 aliphatic rings. The summed E-state index contributed by atoms with van der Waals surface area (Å²) in [5.74, 6) is 1.45. The maximum atomic E-state index is 12.3. The lowest BCUT2D eigenvalue weighted by molar-refractivity contribution is 0.0591. The molecule has 1 aromatic carbocycles. The van der Waals surface area contributed by atoms with Crippen LogP contribution in [-0.4, -0.2) is 60.7 Å². The molecule has 0 saturated heterocycles. The van der Waals surface area contributed by atoms with E-state index in [1.165, 1.54) is 55.5 Å². The number of nitrogens with zero attached hydrogens (tertiary/aromatic N) is 3. The highest BCUT2D eigenvalue weighted by molar-refractivity contribution is 5.90. The van der Waals surface area contributed by atoms with Gasteiger partial charge in [0.1, 0.15) is 0 Å². The first-order valence-electron chi connectivity index (χ1n) is 10.9. The van der Waals surface area contributed by atoms with Crippen molar-refractivity contribution in [3.05, 3.63) is 30.0 Å². The third-order valence-electron chi connectivity index (χ3n) is 6.16. The normalized spacial score (nSPS) is 15.8. The zero-order valence-corrected chi connectivity index (χ0v) is 18.4. The van der Waals surface area contributed by atoms with Crippen LogP contribution in [0.2, 0.25) is 0 Å². The van der Waals surface area contributed by atoms with Crippen LogP contribution in [0, 0.1) is 5.92 Å². The Morgan fingerprint density at radius 1 is 1.10 bits per heavy atom. The number of aromatic nitrogens is 1. The fraction of sp³-hybridized carbons (Fsp3) is 0.609. The summed E-state index contributed by atoms with van der Waals surface area (Å²) in [7, 11) is 7.50. The Morgan fingerprint density at radius 3 is 2.52 bits per heavy atom. The van der Waals surface area contributed by atoms with E-state index in [4.69, 9.17) is 4.74 Å². The zero-order chi connectivity index (χ0) is 20.8. The Morgan fingerprint density at radius 2 is 1.83 bits per heavy atom. The molecule has 0 spiro atoms. The van der Waals surface area contributed by atoms with Crippen molar-refractivity contribution in [2.24, 2.45) is 5.92 Å². The number of carbonyl (C=O) groups is 1. The predicted molar refractivity (Wildman–Crippen MR) is 118 cm³/mol. The Bertz CT molecular complexity index is 793. The molecule has 1 saturated carbocycles. The predicted octanol–water partition coefficient (Wildman–Crippen LogP) is 4.87. The van der Waals surface area contributed by atoms with Crippen molar-refractivity contribution >= 4 is 17.0 Å². The molecule has 1 aromatic heterocycles. The van der Waals surface area contributed by atoms with Crippen molar-refractivity contribution in [2.75, 3.05) is 34.7 Å². The summed E-state index contributed by atoms with van der Waals surface area (Å²) in [6.07, 6.45) is 11.4. The largest absolute Gasteiger partial charge is 0.429 e. The first kappa shape index (κ1) is 21.7. The summed E-state index contributed by atoms with van der Waals surface area (Å²) in [6.45, 7) is 2.02. The Hall–Kier alpha value is -2.05. The van der Waals surface area contributed by atoms with Gasteiger partial charge in [-0.05, 0) is 37.6 Å². The van der Waals surface area contributed by atoms with E-state index in [1.807, 2.05) is 18.3 Å². The average molecular weight is 401 g/mol. The smallest absolute Gasteiger partial charge is 0.407 e. The van der Waals surface area contributed by atoms with Gasteiger partial charge in [-0.1, -0.05) is 50.7 Å². The Labute approximate surface area is 174 Å². The van der Waals surface area contributed by atoms with Crippen molar-refractivity contribution in [1.82, 2.24) is 19.9 Å². The molecule has 1 amide bonds. The van der Waals surface area contributed by atoms with Crippen LogP contribution in [0.5, 0.6) is 5.75 Å². The number of benzene rings is 1. The van der Waals surface area contributed by atoms with E-state index in [-0.39, 0.29) is 0 Å². The van der Waals surface area contributed by atoms with Gasteiger partial charge in [0.15, 0.2) is 5.75 Å². The van der Waals surface area contributed by atoms with Crippen LogP contribution in [0.3, 0.4) is 0 Å². The first-order valence-corrected chi connectivity index (χ1v) is 10.9. The van der Waals surface area contributed by atoms with Gasteiger partial charge >= 0.3 is 6.09 Å². The molecule has 1 fully saturated rings. The van der Waals surface area contributed by atoms with Gasteiger partial charge in [0.25, 0.3) is 0 Å². The highest BCUT2D eigenvalue weighted by Gasteiger charge is 2.17. The molecular formula is C23H36N4O2. The first-order chi connectivity index (χ1) is 14.0. The number of rotatable bonds is 7. The van der Waals surface area contributed by atoms with E-state index >= 15 is 0 Å². The molecule has 0 aliphatic heterocycles. The molecule has 0 unspecified atom stereocenters. The van der Waals surface area contributed by atoms with Crippen LogP contribution >= 0.6 is 0 Å². The molecule has 0 radical (unpaired) electrons. The molecule has 1 heterocycles. The molecule has 0 atom stereocenters. The van der Waals surface area contributed by atoms with Crippen molar-refractivity contribution in [3.63, 3.8) is 0 Å². The van der Waals surface area contributed by atoms with E-state index in [9.17, 15) is 4.79 Å². The molecule has 3 rings (SSSR count). The second-order valence-electron chi connectivity index (χ2n) is 8.62. The lowest BCUT2D eigenvalue weighted by Crippen LogP contribution is -2.40. The molecule has 6 nitrogen and oxygen atoms in total. The van der Waals surface area contributed by atoms with Crippen LogP contribution in [0.25, 0.3) is 10.9 Å². The van der Waals surface area contributed by atoms with E-state index in [2.05, 4.69) is 23.0 Å². The van der Waals surface area contributed by atoms with Crippen molar-refractivity contribution in [1.29, 1.82) is 0 Å². The van der Waals surface area contributed by atoms with Crippen molar-refractivity contribution in [3.8, 4) is 5.75 Å². The number of fused-ring (bicyclic) bond motifs is 1. The van der Waals surface area contributed by atoms with Gasteiger partial charge in [0, 0.05) is 39.3 Å². The highest BCUT2D eigenvalue weighted by Crippen LogP contribution is 2.29. The summed E-state index contributed by atoms with van der Waals surface area (Å²) in [5.41, 5.74) is 2.11. The molecule has 6 heteroatoms. The standard InChI is InChI=1S/C23H36N4O2/c1-25(2)27(4)23(28)29-21-13-9-12-20-19(16-24-22(20)21)17-26(3)15-14-18-10-7-5-6-8-11-18/h9,12-13,16,18,24H,5-8,10-11,14-15,17H2,1-4H3. The van der Waals surface area contributed by atoms with E-state index in [0.29, 0.717) is 5.75 Å². The number of carbonyl (C=O) groups excluding carboxylic acids is 1. The van der Waals surface area contributed by atoms with Gasteiger partial charge in [-0.25, -0.2) is 14.8 Å². The van der Waals surface area contributed by atoms with Gasteiger partial charge in [0.2, 0.25) is 0 Å². The average Bonchev–Trinajstić information content (AvgIpc) is 2.93. The fourth-order valence-corrected chi connectivity index (χ4v) is 4.15. The minimum absolute atomic E-state index is 0.404. The number of hydrogen-bond donors (Lipinski definition) is 1. The SMILES string of the molecule is CN(CCC1CCCCCC1)Cc1c[nH]c2c(OC(=O)N(C)N(C)C)cccc12. The number of H-pyrrole nitrogens is 1. The molecular weight excluding hydrogens is 364 g/mol. The minimum atomic E-state index is -0.404. The molecule has 29 heavy (non-hydrogen) atoms. The van der Waals surface area contributed by atoms with E-state index < -0.39 is 6.09 Å². The third kappa shape index (κ3) is 5.73. The maximum absolute atomic E-state index is 12.3. The Balaban J connectivity index is 1.62. The number of para-hydroxylation sites is 1. The van der Waals surface area contributed by atoms with Crippen LogP contribution in [0.15, 0.2) is 24.4 Å². The van der Waals surface area contributed by atoms with Crippen LogP contribution < -0.4 is 4.74 Å². The monoisotopic (exact) mass is 400 g/mol. The second kappa shape index (κ2) is 10.1. The van der Waals surface area contributed by atoms with E-state index in [0.717, 1.165) is 29.9 Å². The molecule has 2 aromatic rings. The molecule has 1 aliphatic carbocycles. The van der Waals surface area contributed by atoms with Gasteiger partial charge in [-0.3, -0.25) is 0 Å². The minimum Gasteiger partial charge on any atom is -0.407 e. The van der Waals surface area contributed by atoms with Crippen LogP contribution in [-0.2, 0) is 6.54 Å². The van der Waals surface area contributed by atoms with Crippen molar-refractivity contribution < 1.29 is 9.53 Å². The summed E-state index contributed by atoms with van der Waals surface area (Å²) < 4.78 is 5.61. The van der Waals surface area contributed by atoms with Gasteiger partial charge in [0.05, 0.1) is 5.52 Å². The highest BCUT2D eigenvalue weighted by atomic mass is 16.6. The molecule has 1 N–H and O–H groups in total. The second-order valence-corrected chi connectivity index (χ2v) is 8.62. The number of ether oxygens (including phenoxy) is 1. The van der Waals surface area contributed by atoms with Crippen LogP contribution in [0.4, 0.5) is 4.79 Å². The lowest BCUT2D eigenvalue weighted by Gasteiger charge is -2.23. The molecule has 160 valence electrons. The zero-order valence-electron chi connectivity index (χ0n) is 18.4. The summed E-state index contributed by atoms with van der Waals surface area (Å²) in [4.78, 5) is 18.0. The summed E-state index contributed by atoms with van der Waals surface area (Å²) in [6, 6.07) is 5.87. The van der Waals surface area contributed by atoms with E-state index in [1.54, 1.807) is 26.2 Å². The summed E-state index contributed by atoms with van der Waals surface area (Å²) >= 11 is 0. The number of aromatic amines is 1. The third-order valence-corrected chi connectivity index (χ3v) is 6.16.